The Morgan fingerprint density at radius 3 is 3.00 bits per heavy atom. The summed E-state index contributed by atoms with van der Waals surface area (Å²) >= 11 is 3.46. The molecule has 2 atom stereocenters. The average molecular weight is 318 g/mol. The Morgan fingerprint density at radius 2 is 2.21 bits per heavy atom. The molecule has 2 aromatic rings. The maximum absolute atomic E-state index is 10.7. The highest BCUT2D eigenvalue weighted by atomic mass is 79.9. The third kappa shape index (κ3) is 2.33. The summed E-state index contributed by atoms with van der Waals surface area (Å²) in [7, 11) is 0. The molecule has 2 nitrogen and oxygen atoms in total. The van der Waals surface area contributed by atoms with Crippen LogP contribution in [0.2, 0.25) is 0 Å². The molecule has 98 valence electrons. The van der Waals surface area contributed by atoms with Crippen LogP contribution in [0, 0.1) is 6.92 Å². The van der Waals surface area contributed by atoms with E-state index in [1.165, 1.54) is 5.56 Å². The van der Waals surface area contributed by atoms with E-state index in [-0.39, 0.29) is 5.92 Å². The molecule has 1 aliphatic carbocycles. The number of halogens is 1. The van der Waals surface area contributed by atoms with E-state index in [2.05, 4.69) is 27.0 Å². The Balaban J connectivity index is 1.95. The summed E-state index contributed by atoms with van der Waals surface area (Å²) in [6.07, 6.45) is 3.34. The van der Waals surface area contributed by atoms with Gasteiger partial charge in [0.1, 0.15) is 0 Å². The second kappa shape index (κ2) is 5.06. The molecule has 3 rings (SSSR count). The molecule has 1 aromatic carbocycles. The van der Waals surface area contributed by atoms with E-state index in [1.54, 1.807) is 0 Å². The third-order valence-electron chi connectivity index (χ3n) is 3.93. The number of rotatable bonds is 2. The second-order valence-electron chi connectivity index (χ2n) is 5.14. The van der Waals surface area contributed by atoms with E-state index in [9.17, 15) is 5.11 Å². The van der Waals surface area contributed by atoms with Crippen molar-refractivity contribution < 1.29 is 5.11 Å². The highest BCUT2D eigenvalue weighted by molar-refractivity contribution is 9.10. The third-order valence-corrected chi connectivity index (χ3v) is 4.43. The molecular weight excluding hydrogens is 302 g/mol. The first kappa shape index (κ1) is 12.8. The summed E-state index contributed by atoms with van der Waals surface area (Å²) in [6.45, 7) is 2.04. The SMILES string of the molecule is Cc1cc(Br)ccc1C(O)C1CCc2cccnc21. The Bertz CT molecular complexity index is 611. The first-order valence-electron chi connectivity index (χ1n) is 6.54. The zero-order valence-corrected chi connectivity index (χ0v) is 12.4. The molecule has 3 heteroatoms. The Morgan fingerprint density at radius 1 is 1.37 bits per heavy atom. The minimum absolute atomic E-state index is 0.121. The van der Waals surface area contributed by atoms with E-state index >= 15 is 0 Å². The molecule has 1 aromatic heterocycles. The van der Waals surface area contributed by atoms with Crippen molar-refractivity contribution in [1.82, 2.24) is 4.98 Å². The topological polar surface area (TPSA) is 33.1 Å². The van der Waals surface area contributed by atoms with Gasteiger partial charge in [-0.3, -0.25) is 4.98 Å². The minimum atomic E-state index is -0.468. The van der Waals surface area contributed by atoms with Gasteiger partial charge in [-0.05, 0) is 54.7 Å². The first-order valence-corrected chi connectivity index (χ1v) is 7.34. The predicted octanol–water partition coefficient (Wildman–Crippen LogP) is 3.92. The van der Waals surface area contributed by atoms with Gasteiger partial charge < -0.3 is 5.11 Å². The Hall–Kier alpha value is -1.19. The van der Waals surface area contributed by atoms with Gasteiger partial charge in [-0.15, -0.1) is 0 Å². The second-order valence-corrected chi connectivity index (χ2v) is 6.05. The molecule has 0 radical (unpaired) electrons. The lowest BCUT2D eigenvalue weighted by molar-refractivity contribution is 0.142. The largest absolute Gasteiger partial charge is 0.388 e. The van der Waals surface area contributed by atoms with Crippen LogP contribution in [0.3, 0.4) is 0 Å². The Labute approximate surface area is 121 Å². The molecule has 0 saturated heterocycles. The molecule has 1 heterocycles. The number of hydrogen-bond donors (Lipinski definition) is 1. The molecule has 0 spiro atoms. The van der Waals surface area contributed by atoms with Crippen LogP contribution >= 0.6 is 15.9 Å². The fourth-order valence-electron chi connectivity index (χ4n) is 2.94. The number of nitrogens with zero attached hydrogens (tertiary/aromatic N) is 1. The summed E-state index contributed by atoms with van der Waals surface area (Å²) in [5, 5.41) is 10.7. The smallest absolute Gasteiger partial charge is 0.0876 e. The van der Waals surface area contributed by atoms with E-state index in [4.69, 9.17) is 0 Å². The van der Waals surface area contributed by atoms with E-state index in [0.717, 1.165) is 34.1 Å². The summed E-state index contributed by atoms with van der Waals surface area (Å²) in [5.74, 6) is 0.121. The van der Waals surface area contributed by atoms with Crippen LogP contribution in [0.5, 0.6) is 0 Å². The highest BCUT2D eigenvalue weighted by Crippen LogP contribution is 2.41. The molecule has 0 bridgehead atoms. The van der Waals surface area contributed by atoms with Gasteiger partial charge in [-0.2, -0.15) is 0 Å². The van der Waals surface area contributed by atoms with Crippen LogP contribution in [-0.2, 0) is 6.42 Å². The summed E-state index contributed by atoms with van der Waals surface area (Å²) < 4.78 is 1.05. The van der Waals surface area contributed by atoms with Gasteiger partial charge in [-0.1, -0.05) is 28.1 Å². The predicted molar refractivity (Wildman–Crippen MR) is 79.1 cm³/mol. The fourth-order valence-corrected chi connectivity index (χ4v) is 3.41. The minimum Gasteiger partial charge on any atom is -0.388 e. The van der Waals surface area contributed by atoms with Gasteiger partial charge in [-0.25, -0.2) is 0 Å². The molecule has 0 amide bonds. The number of benzene rings is 1. The number of hydrogen-bond acceptors (Lipinski definition) is 2. The molecule has 1 aliphatic rings. The number of aromatic nitrogens is 1. The lowest BCUT2D eigenvalue weighted by atomic mass is 9.91. The molecule has 19 heavy (non-hydrogen) atoms. The normalized spacial score (nSPS) is 19.2. The maximum Gasteiger partial charge on any atom is 0.0876 e. The van der Waals surface area contributed by atoms with Gasteiger partial charge in [0.15, 0.2) is 0 Å². The molecule has 0 aliphatic heterocycles. The van der Waals surface area contributed by atoms with Crippen molar-refractivity contribution in [3.8, 4) is 0 Å². The number of aliphatic hydroxyl groups excluding tert-OH is 1. The molecule has 0 fully saturated rings. The Kier molecular flexibility index (Phi) is 3.42. The zero-order chi connectivity index (χ0) is 13.4. The van der Waals surface area contributed by atoms with E-state index < -0.39 is 6.10 Å². The van der Waals surface area contributed by atoms with Crippen molar-refractivity contribution >= 4 is 15.9 Å². The van der Waals surface area contributed by atoms with Crippen molar-refractivity contribution in [1.29, 1.82) is 0 Å². The van der Waals surface area contributed by atoms with Crippen LogP contribution in [0.15, 0.2) is 41.0 Å². The van der Waals surface area contributed by atoms with Crippen molar-refractivity contribution in [3.05, 3.63) is 63.4 Å². The quantitative estimate of drug-likeness (QED) is 0.910. The number of pyridine rings is 1. The van der Waals surface area contributed by atoms with Crippen molar-refractivity contribution in [2.75, 3.05) is 0 Å². The van der Waals surface area contributed by atoms with Crippen molar-refractivity contribution in [3.63, 3.8) is 0 Å². The number of aliphatic hydroxyl groups is 1. The lowest BCUT2D eigenvalue weighted by Gasteiger charge is -2.20. The van der Waals surface area contributed by atoms with E-state index in [1.807, 2.05) is 37.4 Å². The standard InChI is InChI=1S/C16H16BrNO/c1-10-9-12(17)5-7-13(10)16(19)14-6-4-11-3-2-8-18-15(11)14/h2-3,5,7-9,14,16,19H,4,6H2,1H3. The monoisotopic (exact) mass is 317 g/mol. The fraction of sp³-hybridized carbons (Fsp3) is 0.312. The molecule has 1 N–H and O–H groups in total. The maximum atomic E-state index is 10.7. The van der Waals surface area contributed by atoms with Crippen LogP contribution < -0.4 is 0 Å². The first-order chi connectivity index (χ1) is 9.16. The van der Waals surface area contributed by atoms with Crippen molar-refractivity contribution in [2.45, 2.75) is 31.8 Å². The van der Waals surface area contributed by atoms with Gasteiger partial charge in [0, 0.05) is 22.3 Å². The zero-order valence-electron chi connectivity index (χ0n) is 10.8. The number of fused-ring (bicyclic) bond motifs is 1. The summed E-state index contributed by atoms with van der Waals surface area (Å²) in [4.78, 5) is 4.47. The molecule has 2 unspecified atom stereocenters. The van der Waals surface area contributed by atoms with Crippen LogP contribution in [0.25, 0.3) is 0 Å². The highest BCUT2D eigenvalue weighted by Gasteiger charge is 2.31. The lowest BCUT2D eigenvalue weighted by Crippen LogP contribution is -2.10. The molecular formula is C16H16BrNO. The van der Waals surface area contributed by atoms with Crippen LogP contribution in [0.1, 0.15) is 40.8 Å². The van der Waals surface area contributed by atoms with Gasteiger partial charge in [0.05, 0.1) is 6.10 Å². The summed E-state index contributed by atoms with van der Waals surface area (Å²) in [5.41, 5.74) is 4.47. The average Bonchev–Trinajstić information content (AvgIpc) is 2.82. The van der Waals surface area contributed by atoms with Gasteiger partial charge in [0.2, 0.25) is 0 Å². The van der Waals surface area contributed by atoms with Crippen molar-refractivity contribution in [2.24, 2.45) is 0 Å². The van der Waals surface area contributed by atoms with E-state index in [0.29, 0.717) is 0 Å². The van der Waals surface area contributed by atoms with Gasteiger partial charge in [0.25, 0.3) is 0 Å². The van der Waals surface area contributed by atoms with Crippen LogP contribution in [0.4, 0.5) is 0 Å². The number of aryl methyl sites for hydroxylation is 2. The van der Waals surface area contributed by atoms with Gasteiger partial charge >= 0.3 is 0 Å². The molecule has 0 saturated carbocycles. The van der Waals surface area contributed by atoms with Crippen LogP contribution in [-0.4, -0.2) is 10.1 Å². The summed E-state index contributed by atoms with van der Waals surface area (Å²) in [6, 6.07) is 10.1.